The summed E-state index contributed by atoms with van der Waals surface area (Å²) in [5.74, 6) is 1.24. The van der Waals surface area contributed by atoms with Crippen LogP contribution in [0.25, 0.3) is 16.5 Å². The van der Waals surface area contributed by atoms with Crippen molar-refractivity contribution in [3.05, 3.63) is 88.3 Å². The van der Waals surface area contributed by atoms with E-state index in [9.17, 15) is 9.59 Å². The molecule has 0 atom stereocenters. The number of rotatable bonds is 7. The molecule has 1 amide bonds. The Morgan fingerprint density at radius 2 is 1.52 bits per heavy atom. The van der Waals surface area contributed by atoms with Crippen molar-refractivity contribution in [1.29, 1.82) is 0 Å². The Kier molecular flexibility index (Phi) is 6.26. The van der Waals surface area contributed by atoms with Crippen LogP contribution in [0, 0.1) is 0 Å². The summed E-state index contributed by atoms with van der Waals surface area (Å²) >= 11 is 0. The topological polar surface area (TPSA) is 91.7 Å². The van der Waals surface area contributed by atoms with Crippen LogP contribution in [0.2, 0.25) is 0 Å². The number of benzene rings is 3. The third-order valence-corrected chi connectivity index (χ3v) is 5.23. The molecule has 0 radical (unpaired) electrons. The lowest BCUT2D eigenvalue weighted by Crippen LogP contribution is -2.30. The number of nitrogens with zero attached hydrogens (tertiary/aromatic N) is 2. The van der Waals surface area contributed by atoms with E-state index < -0.39 is 5.91 Å². The van der Waals surface area contributed by atoms with E-state index in [1.807, 2.05) is 24.3 Å². The van der Waals surface area contributed by atoms with Crippen molar-refractivity contribution >= 4 is 16.7 Å². The maximum atomic E-state index is 13.2. The van der Waals surface area contributed by atoms with Crippen molar-refractivity contribution < 1.29 is 19.0 Å². The minimum absolute atomic E-state index is 0.127. The number of hydrogen-bond acceptors (Lipinski definition) is 6. The Bertz CT molecular complexity index is 1360. The minimum atomic E-state index is -0.416. The fourth-order valence-corrected chi connectivity index (χ4v) is 3.56. The number of hydrogen-bond donors (Lipinski definition) is 1. The molecule has 0 aliphatic heterocycles. The van der Waals surface area contributed by atoms with Crippen molar-refractivity contribution in [2.75, 3.05) is 21.3 Å². The van der Waals surface area contributed by atoms with Gasteiger partial charge in [-0.2, -0.15) is 9.78 Å². The van der Waals surface area contributed by atoms with Gasteiger partial charge in [-0.1, -0.05) is 36.4 Å². The Balaban J connectivity index is 1.80. The lowest BCUT2D eigenvalue weighted by molar-refractivity contribution is 0.0946. The van der Waals surface area contributed by atoms with Crippen molar-refractivity contribution in [1.82, 2.24) is 15.1 Å². The van der Waals surface area contributed by atoms with E-state index in [1.54, 1.807) is 49.6 Å². The summed E-state index contributed by atoms with van der Waals surface area (Å²) in [7, 11) is 4.62. The molecular weight excluding hydrogens is 422 g/mol. The van der Waals surface area contributed by atoms with Gasteiger partial charge in [-0.05, 0) is 12.1 Å². The summed E-state index contributed by atoms with van der Waals surface area (Å²) < 4.78 is 17.2. The maximum Gasteiger partial charge on any atom is 0.279 e. The second kappa shape index (κ2) is 9.44. The highest BCUT2D eigenvalue weighted by molar-refractivity contribution is 6.04. The zero-order chi connectivity index (χ0) is 23.4. The molecule has 0 bridgehead atoms. The van der Waals surface area contributed by atoms with E-state index >= 15 is 0 Å². The molecule has 0 aliphatic rings. The number of nitrogens with one attached hydrogen (secondary N) is 1. The second-order valence-electron chi connectivity index (χ2n) is 7.18. The molecule has 0 fully saturated rings. The van der Waals surface area contributed by atoms with Gasteiger partial charge in [0, 0.05) is 35.7 Å². The highest BCUT2D eigenvalue weighted by atomic mass is 16.5. The molecule has 1 aromatic heterocycles. The van der Waals surface area contributed by atoms with E-state index in [1.165, 1.54) is 18.9 Å². The van der Waals surface area contributed by atoms with Crippen LogP contribution in [0.1, 0.15) is 16.1 Å². The molecule has 3 aromatic carbocycles. The molecule has 1 heterocycles. The van der Waals surface area contributed by atoms with Gasteiger partial charge in [0.1, 0.15) is 17.2 Å². The molecule has 0 spiro atoms. The number of ether oxygens (including phenoxy) is 3. The van der Waals surface area contributed by atoms with Crippen molar-refractivity contribution in [2.24, 2.45) is 0 Å². The molecule has 8 nitrogen and oxygen atoms in total. The summed E-state index contributed by atoms with van der Waals surface area (Å²) in [6.07, 6.45) is 0. The highest BCUT2D eigenvalue weighted by Crippen LogP contribution is 2.25. The standard InChI is InChI=1S/C25H23N3O5/c1-31-18-12-17(13-19(14-18)32-2)28-25(30)21-10-6-5-9-20(21)23(27-28)24(29)26-15-16-8-4-7-11-22(16)33-3/h4-14H,15H2,1-3H3,(H,26,29). The average molecular weight is 445 g/mol. The number of para-hydroxylation sites is 1. The van der Waals surface area contributed by atoms with Crippen LogP contribution < -0.4 is 25.1 Å². The van der Waals surface area contributed by atoms with Gasteiger partial charge in [0.2, 0.25) is 0 Å². The van der Waals surface area contributed by atoms with Gasteiger partial charge < -0.3 is 19.5 Å². The minimum Gasteiger partial charge on any atom is -0.497 e. The Labute approximate surface area is 190 Å². The molecule has 8 heteroatoms. The third-order valence-electron chi connectivity index (χ3n) is 5.23. The van der Waals surface area contributed by atoms with Crippen LogP contribution in [-0.4, -0.2) is 37.0 Å². The second-order valence-corrected chi connectivity index (χ2v) is 7.18. The molecule has 1 N–H and O–H groups in total. The van der Waals surface area contributed by atoms with E-state index in [-0.39, 0.29) is 17.8 Å². The quantitative estimate of drug-likeness (QED) is 0.469. The first kappa shape index (κ1) is 21.9. The van der Waals surface area contributed by atoms with Crippen LogP contribution in [0.15, 0.2) is 71.5 Å². The maximum absolute atomic E-state index is 13.2. The normalized spacial score (nSPS) is 10.6. The number of carbonyl (C=O) groups is 1. The molecule has 168 valence electrons. The zero-order valence-corrected chi connectivity index (χ0v) is 18.5. The summed E-state index contributed by atoms with van der Waals surface area (Å²) in [5, 5.41) is 8.14. The fraction of sp³-hybridized carbons (Fsp3) is 0.160. The predicted molar refractivity (Wildman–Crippen MR) is 125 cm³/mol. The SMILES string of the molecule is COc1cc(OC)cc(-n2nc(C(=O)NCc3ccccc3OC)c3ccccc3c2=O)c1. The molecule has 4 aromatic rings. The Morgan fingerprint density at radius 3 is 2.18 bits per heavy atom. The van der Waals surface area contributed by atoms with Gasteiger partial charge in [-0.3, -0.25) is 9.59 Å². The average Bonchev–Trinajstić information content (AvgIpc) is 2.87. The van der Waals surface area contributed by atoms with E-state index in [4.69, 9.17) is 14.2 Å². The van der Waals surface area contributed by atoms with Gasteiger partial charge in [0.25, 0.3) is 11.5 Å². The molecule has 0 unspecified atom stereocenters. The Hall–Kier alpha value is -4.33. The smallest absolute Gasteiger partial charge is 0.279 e. The first-order valence-corrected chi connectivity index (χ1v) is 10.2. The summed E-state index contributed by atoms with van der Waals surface area (Å²) in [5.41, 5.74) is 1.01. The largest absolute Gasteiger partial charge is 0.497 e. The van der Waals surface area contributed by atoms with Crippen molar-refractivity contribution in [3.63, 3.8) is 0 Å². The summed E-state index contributed by atoms with van der Waals surface area (Å²) in [6.45, 7) is 0.241. The number of carbonyl (C=O) groups excluding carboxylic acids is 1. The highest BCUT2D eigenvalue weighted by Gasteiger charge is 2.18. The van der Waals surface area contributed by atoms with Crippen LogP contribution in [0.4, 0.5) is 0 Å². The third kappa shape index (κ3) is 4.36. The number of aromatic nitrogens is 2. The van der Waals surface area contributed by atoms with E-state index in [2.05, 4.69) is 10.4 Å². The number of methoxy groups -OCH3 is 3. The number of amides is 1. The van der Waals surface area contributed by atoms with Crippen LogP contribution in [-0.2, 0) is 6.54 Å². The van der Waals surface area contributed by atoms with E-state index in [0.29, 0.717) is 33.7 Å². The monoisotopic (exact) mass is 445 g/mol. The van der Waals surface area contributed by atoms with Gasteiger partial charge in [-0.15, -0.1) is 0 Å². The molecule has 0 saturated heterocycles. The van der Waals surface area contributed by atoms with Crippen LogP contribution in [0.3, 0.4) is 0 Å². The molecule has 33 heavy (non-hydrogen) atoms. The lowest BCUT2D eigenvalue weighted by atomic mass is 10.1. The van der Waals surface area contributed by atoms with Crippen LogP contribution >= 0.6 is 0 Å². The Morgan fingerprint density at radius 1 is 0.879 bits per heavy atom. The summed E-state index contributed by atoms with van der Waals surface area (Å²) in [4.78, 5) is 26.4. The molecule has 0 aliphatic carbocycles. The summed E-state index contributed by atoms with van der Waals surface area (Å²) in [6, 6.07) is 19.3. The first-order chi connectivity index (χ1) is 16.0. The molecular formula is C25H23N3O5. The van der Waals surface area contributed by atoms with Gasteiger partial charge in [0.15, 0.2) is 5.69 Å². The van der Waals surface area contributed by atoms with E-state index in [0.717, 1.165) is 5.56 Å². The zero-order valence-electron chi connectivity index (χ0n) is 18.5. The lowest BCUT2D eigenvalue weighted by Gasteiger charge is -2.14. The molecule has 4 rings (SSSR count). The molecule has 0 saturated carbocycles. The van der Waals surface area contributed by atoms with Gasteiger partial charge in [-0.25, -0.2) is 0 Å². The number of fused-ring (bicyclic) bond motifs is 1. The van der Waals surface area contributed by atoms with Crippen molar-refractivity contribution in [2.45, 2.75) is 6.54 Å². The fourth-order valence-electron chi connectivity index (χ4n) is 3.56. The predicted octanol–water partition coefficient (Wildman–Crippen LogP) is 3.34. The first-order valence-electron chi connectivity index (χ1n) is 10.2. The van der Waals surface area contributed by atoms with Gasteiger partial charge in [0.05, 0.1) is 32.4 Å². The van der Waals surface area contributed by atoms with Crippen LogP contribution in [0.5, 0.6) is 17.2 Å². The van der Waals surface area contributed by atoms with Gasteiger partial charge >= 0.3 is 0 Å². The van der Waals surface area contributed by atoms with Crippen molar-refractivity contribution in [3.8, 4) is 22.9 Å².